The molecule has 0 aliphatic rings. The number of aryl methyl sites for hydroxylation is 1. The van der Waals surface area contributed by atoms with Crippen LogP contribution < -0.4 is 9.44 Å². The predicted octanol–water partition coefficient (Wildman–Crippen LogP) is 2.17. The maximum atomic E-state index is 12.3. The topological polar surface area (TPSA) is 92.3 Å². The third kappa shape index (κ3) is 4.22. The standard InChI is InChI=1S/C14H16N2O4S2/c1-11-8-9-13(14(10-11)15-21(2,17)18)16-22(19,20)12-6-4-3-5-7-12/h3-10,15-16H,1-2H3. The summed E-state index contributed by atoms with van der Waals surface area (Å²) in [4.78, 5) is 0.0980. The van der Waals surface area contributed by atoms with E-state index in [-0.39, 0.29) is 16.3 Å². The van der Waals surface area contributed by atoms with Crippen LogP contribution in [0.4, 0.5) is 11.4 Å². The highest BCUT2D eigenvalue weighted by Crippen LogP contribution is 2.26. The highest BCUT2D eigenvalue weighted by molar-refractivity contribution is 7.93. The lowest BCUT2D eigenvalue weighted by Gasteiger charge is -2.14. The third-order valence-corrected chi connectivity index (χ3v) is 4.74. The van der Waals surface area contributed by atoms with Crippen molar-refractivity contribution < 1.29 is 16.8 Å². The SMILES string of the molecule is Cc1ccc(NS(=O)(=O)c2ccccc2)c(NS(C)(=O)=O)c1. The number of anilines is 2. The smallest absolute Gasteiger partial charge is 0.261 e. The number of rotatable bonds is 5. The zero-order valence-electron chi connectivity index (χ0n) is 12.1. The van der Waals surface area contributed by atoms with E-state index in [1.165, 1.54) is 18.2 Å². The fourth-order valence-electron chi connectivity index (χ4n) is 1.83. The van der Waals surface area contributed by atoms with Crippen molar-refractivity contribution in [1.29, 1.82) is 0 Å². The Morgan fingerprint density at radius 2 is 1.45 bits per heavy atom. The molecule has 0 saturated heterocycles. The Morgan fingerprint density at radius 1 is 0.818 bits per heavy atom. The second-order valence-electron chi connectivity index (χ2n) is 4.84. The van der Waals surface area contributed by atoms with Crippen LogP contribution in [0, 0.1) is 6.92 Å². The van der Waals surface area contributed by atoms with Gasteiger partial charge in [0.1, 0.15) is 0 Å². The van der Waals surface area contributed by atoms with Crippen LogP contribution in [0.15, 0.2) is 53.4 Å². The summed E-state index contributed by atoms with van der Waals surface area (Å²) < 4.78 is 52.2. The van der Waals surface area contributed by atoms with E-state index >= 15 is 0 Å². The van der Waals surface area contributed by atoms with Gasteiger partial charge in [-0.1, -0.05) is 24.3 Å². The lowest BCUT2D eigenvalue weighted by molar-refractivity contribution is 0.600. The van der Waals surface area contributed by atoms with Crippen LogP contribution in [0.25, 0.3) is 0 Å². The van der Waals surface area contributed by atoms with E-state index in [9.17, 15) is 16.8 Å². The van der Waals surface area contributed by atoms with Crippen LogP contribution in [-0.2, 0) is 20.0 Å². The molecule has 22 heavy (non-hydrogen) atoms. The van der Waals surface area contributed by atoms with Crippen molar-refractivity contribution in [2.45, 2.75) is 11.8 Å². The Balaban J connectivity index is 2.42. The molecule has 0 heterocycles. The van der Waals surface area contributed by atoms with E-state index in [1.54, 1.807) is 37.3 Å². The molecule has 0 aliphatic heterocycles. The van der Waals surface area contributed by atoms with Crippen molar-refractivity contribution in [3.63, 3.8) is 0 Å². The number of nitrogens with one attached hydrogen (secondary N) is 2. The molecule has 0 spiro atoms. The molecule has 0 bridgehead atoms. The number of benzene rings is 2. The second-order valence-corrected chi connectivity index (χ2v) is 8.27. The van der Waals surface area contributed by atoms with Crippen LogP contribution in [0.2, 0.25) is 0 Å². The van der Waals surface area contributed by atoms with Crippen molar-refractivity contribution in [1.82, 2.24) is 0 Å². The Hall–Kier alpha value is -2.06. The minimum absolute atomic E-state index is 0.0980. The first kappa shape index (κ1) is 16.3. The van der Waals surface area contributed by atoms with Gasteiger partial charge < -0.3 is 0 Å². The maximum Gasteiger partial charge on any atom is 0.261 e. The van der Waals surface area contributed by atoms with Gasteiger partial charge in [0.05, 0.1) is 22.5 Å². The Labute approximate surface area is 130 Å². The molecule has 0 aromatic heterocycles. The van der Waals surface area contributed by atoms with Crippen LogP contribution in [0.5, 0.6) is 0 Å². The minimum Gasteiger partial charge on any atom is -0.282 e. The van der Waals surface area contributed by atoms with Gasteiger partial charge in [0.25, 0.3) is 10.0 Å². The van der Waals surface area contributed by atoms with E-state index in [1.807, 2.05) is 0 Å². The van der Waals surface area contributed by atoms with Crippen molar-refractivity contribution in [2.24, 2.45) is 0 Å². The van der Waals surface area contributed by atoms with Crippen LogP contribution in [0.1, 0.15) is 5.56 Å². The molecule has 2 aromatic carbocycles. The van der Waals surface area contributed by atoms with Crippen molar-refractivity contribution in [2.75, 3.05) is 15.7 Å². The van der Waals surface area contributed by atoms with E-state index in [0.29, 0.717) is 0 Å². The van der Waals surface area contributed by atoms with Crippen LogP contribution >= 0.6 is 0 Å². The zero-order chi connectivity index (χ0) is 16.4. The highest BCUT2D eigenvalue weighted by atomic mass is 32.2. The second kappa shape index (κ2) is 5.98. The van der Waals surface area contributed by atoms with Gasteiger partial charge in [-0.25, -0.2) is 16.8 Å². The molecule has 6 nitrogen and oxygen atoms in total. The monoisotopic (exact) mass is 340 g/mol. The Bertz CT molecular complexity index is 876. The summed E-state index contributed by atoms with van der Waals surface area (Å²) in [5, 5.41) is 0. The largest absolute Gasteiger partial charge is 0.282 e. The lowest BCUT2D eigenvalue weighted by atomic mass is 10.2. The van der Waals surface area contributed by atoms with Crippen LogP contribution in [0.3, 0.4) is 0 Å². The highest BCUT2D eigenvalue weighted by Gasteiger charge is 2.16. The van der Waals surface area contributed by atoms with Gasteiger partial charge in [0, 0.05) is 0 Å². The number of sulfonamides is 2. The van der Waals surface area contributed by atoms with Gasteiger partial charge in [0.2, 0.25) is 10.0 Å². The molecule has 118 valence electrons. The summed E-state index contributed by atoms with van der Waals surface area (Å²) in [5.74, 6) is 0. The maximum absolute atomic E-state index is 12.3. The Morgan fingerprint density at radius 3 is 2.05 bits per heavy atom. The summed E-state index contributed by atoms with van der Waals surface area (Å²) in [6, 6.07) is 12.6. The van der Waals surface area contributed by atoms with Gasteiger partial charge in [-0.05, 0) is 36.8 Å². The summed E-state index contributed by atoms with van der Waals surface area (Å²) in [5.41, 5.74) is 1.15. The molecule has 0 saturated carbocycles. The average molecular weight is 340 g/mol. The van der Waals surface area contributed by atoms with E-state index in [2.05, 4.69) is 9.44 Å². The quantitative estimate of drug-likeness (QED) is 0.872. The minimum atomic E-state index is -3.79. The number of hydrogen-bond donors (Lipinski definition) is 2. The van der Waals surface area contributed by atoms with E-state index < -0.39 is 20.0 Å². The first-order valence-electron chi connectivity index (χ1n) is 6.34. The first-order chi connectivity index (χ1) is 10.2. The Kier molecular flexibility index (Phi) is 4.43. The van der Waals surface area contributed by atoms with Crippen molar-refractivity contribution >= 4 is 31.4 Å². The van der Waals surface area contributed by atoms with E-state index in [0.717, 1.165) is 11.8 Å². The van der Waals surface area contributed by atoms with Crippen LogP contribution in [-0.4, -0.2) is 23.1 Å². The van der Waals surface area contributed by atoms with Gasteiger partial charge in [-0.3, -0.25) is 9.44 Å². The summed E-state index contributed by atoms with van der Waals surface area (Å²) in [6.07, 6.45) is 1.00. The van der Waals surface area contributed by atoms with Gasteiger partial charge in [-0.2, -0.15) is 0 Å². The summed E-state index contributed by atoms with van der Waals surface area (Å²) in [6.45, 7) is 1.78. The molecule has 0 atom stereocenters. The first-order valence-corrected chi connectivity index (χ1v) is 9.71. The summed E-state index contributed by atoms with van der Waals surface area (Å²) >= 11 is 0. The molecular formula is C14H16N2O4S2. The normalized spacial score (nSPS) is 11.9. The lowest BCUT2D eigenvalue weighted by Crippen LogP contribution is -2.16. The molecule has 2 aromatic rings. The van der Waals surface area contributed by atoms with Crippen molar-refractivity contribution in [3.8, 4) is 0 Å². The predicted molar refractivity (Wildman–Crippen MR) is 86.9 cm³/mol. The van der Waals surface area contributed by atoms with Gasteiger partial charge in [-0.15, -0.1) is 0 Å². The fraction of sp³-hybridized carbons (Fsp3) is 0.143. The third-order valence-electron chi connectivity index (χ3n) is 2.77. The van der Waals surface area contributed by atoms with E-state index in [4.69, 9.17) is 0 Å². The molecule has 0 fully saturated rings. The average Bonchev–Trinajstić information content (AvgIpc) is 2.41. The molecule has 0 unspecified atom stereocenters. The molecule has 0 aliphatic carbocycles. The summed E-state index contributed by atoms with van der Waals surface area (Å²) in [7, 11) is -7.31. The molecule has 0 amide bonds. The zero-order valence-corrected chi connectivity index (χ0v) is 13.7. The molecule has 8 heteroatoms. The molecular weight excluding hydrogens is 324 g/mol. The van der Waals surface area contributed by atoms with Gasteiger partial charge >= 0.3 is 0 Å². The van der Waals surface area contributed by atoms with Gasteiger partial charge in [0.15, 0.2) is 0 Å². The number of hydrogen-bond acceptors (Lipinski definition) is 4. The molecule has 2 rings (SSSR count). The fourth-order valence-corrected chi connectivity index (χ4v) is 3.50. The van der Waals surface area contributed by atoms with Crippen molar-refractivity contribution in [3.05, 3.63) is 54.1 Å². The molecule has 0 radical (unpaired) electrons. The molecule has 2 N–H and O–H groups in total.